The van der Waals surface area contributed by atoms with Crippen molar-refractivity contribution in [1.29, 1.82) is 0 Å². The van der Waals surface area contributed by atoms with E-state index in [1.54, 1.807) is 6.21 Å². The monoisotopic (exact) mass is 436 g/mol. The molecular weight excluding hydrogens is 412 g/mol. The zero-order valence-electron chi connectivity index (χ0n) is 18.1. The van der Waals surface area contributed by atoms with E-state index in [-0.39, 0.29) is 12.5 Å². The molecule has 0 bridgehead atoms. The van der Waals surface area contributed by atoms with E-state index in [4.69, 9.17) is 9.47 Å². The van der Waals surface area contributed by atoms with E-state index in [9.17, 15) is 4.79 Å². The van der Waals surface area contributed by atoms with Gasteiger partial charge in [-0.3, -0.25) is 4.79 Å². The molecule has 0 aliphatic rings. The summed E-state index contributed by atoms with van der Waals surface area (Å²) in [6.07, 6.45) is 1.57. The number of hydrazone groups is 1. The molecule has 0 aromatic heterocycles. The Balaban J connectivity index is 1.23. The van der Waals surface area contributed by atoms with Gasteiger partial charge >= 0.3 is 0 Å². The van der Waals surface area contributed by atoms with Crippen molar-refractivity contribution in [2.45, 2.75) is 6.61 Å². The lowest BCUT2D eigenvalue weighted by Crippen LogP contribution is -2.24. The van der Waals surface area contributed by atoms with Gasteiger partial charge in [0.2, 0.25) is 0 Å². The fourth-order valence-electron chi connectivity index (χ4n) is 3.16. The average Bonchev–Trinajstić information content (AvgIpc) is 2.88. The molecule has 4 rings (SSSR count). The van der Waals surface area contributed by atoms with Crippen LogP contribution in [0.15, 0.2) is 114 Å². The molecule has 0 heterocycles. The zero-order chi connectivity index (χ0) is 22.7. The van der Waals surface area contributed by atoms with Crippen LogP contribution in [0.25, 0.3) is 11.1 Å². The predicted octanol–water partition coefficient (Wildman–Crippen LogP) is 5.46. The van der Waals surface area contributed by atoms with Crippen molar-refractivity contribution in [1.82, 2.24) is 5.43 Å². The summed E-state index contributed by atoms with van der Waals surface area (Å²) < 4.78 is 11.4. The molecule has 0 radical (unpaired) electrons. The summed E-state index contributed by atoms with van der Waals surface area (Å²) in [6.45, 7) is 0.365. The number of nitrogens with zero attached hydrogens (tertiary/aromatic N) is 1. The first-order chi connectivity index (χ1) is 16.3. The van der Waals surface area contributed by atoms with Crippen molar-refractivity contribution in [2.24, 2.45) is 5.10 Å². The molecule has 1 N–H and O–H groups in total. The lowest BCUT2D eigenvalue weighted by molar-refractivity contribution is -0.123. The minimum Gasteiger partial charge on any atom is -0.489 e. The van der Waals surface area contributed by atoms with Crippen LogP contribution in [-0.4, -0.2) is 18.7 Å². The molecule has 0 aliphatic carbocycles. The maximum atomic E-state index is 12.0. The van der Waals surface area contributed by atoms with Crippen LogP contribution in [0, 0.1) is 0 Å². The van der Waals surface area contributed by atoms with E-state index in [0.29, 0.717) is 12.4 Å². The van der Waals surface area contributed by atoms with Crippen LogP contribution in [0.3, 0.4) is 0 Å². The molecular formula is C28H24N2O3. The van der Waals surface area contributed by atoms with Crippen molar-refractivity contribution in [3.8, 4) is 22.6 Å². The molecule has 0 saturated heterocycles. The lowest BCUT2D eigenvalue weighted by atomic mass is 10.1. The number of carbonyl (C=O) groups is 1. The largest absolute Gasteiger partial charge is 0.489 e. The standard InChI is InChI=1S/C28H24N2O3/c31-28(21-33-26-16-14-25(15-17-26)24-11-5-2-6-12-24)30-29-19-23-10-7-13-27(18-23)32-20-22-8-3-1-4-9-22/h1-19H,20-21H2,(H,30,31)/b29-19+. The predicted molar refractivity (Wildman–Crippen MR) is 130 cm³/mol. The van der Waals surface area contributed by atoms with Gasteiger partial charge in [0.05, 0.1) is 6.21 Å². The van der Waals surface area contributed by atoms with Gasteiger partial charge in [0.15, 0.2) is 6.61 Å². The third-order valence-electron chi connectivity index (χ3n) is 4.84. The van der Waals surface area contributed by atoms with Gasteiger partial charge in [-0.15, -0.1) is 0 Å². The highest BCUT2D eigenvalue weighted by atomic mass is 16.5. The number of rotatable bonds is 9. The molecule has 4 aromatic carbocycles. The summed E-state index contributed by atoms with van der Waals surface area (Å²) in [4.78, 5) is 12.0. The average molecular weight is 437 g/mol. The van der Waals surface area contributed by atoms with Crippen molar-refractivity contribution in [2.75, 3.05) is 6.61 Å². The maximum absolute atomic E-state index is 12.0. The van der Waals surface area contributed by atoms with E-state index in [2.05, 4.69) is 10.5 Å². The Morgan fingerprint density at radius 2 is 1.42 bits per heavy atom. The summed E-state index contributed by atoms with van der Waals surface area (Å²) >= 11 is 0. The second-order valence-corrected chi connectivity index (χ2v) is 7.32. The number of ether oxygens (including phenoxy) is 2. The fourth-order valence-corrected chi connectivity index (χ4v) is 3.16. The van der Waals surface area contributed by atoms with Gasteiger partial charge in [0.25, 0.3) is 5.91 Å². The topological polar surface area (TPSA) is 59.9 Å². The smallest absolute Gasteiger partial charge is 0.277 e. The second kappa shape index (κ2) is 11.3. The van der Waals surface area contributed by atoms with Gasteiger partial charge in [0.1, 0.15) is 18.1 Å². The molecule has 5 nitrogen and oxygen atoms in total. The summed E-state index contributed by atoms with van der Waals surface area (Å²) in [5, 5.41) is 4.01. The lowest BCUT2D eigenvalue weighted by Gasteiger charge is -2.07. The highest BCUT2D eigenvalue weighted by Crippen LogP contribution is 2.22. The van der Waals surface area contributed by atoms with Gasteiger partial charge in [-0.2, -0.15) is 5.10 Å². The van der Waals surface area contributed by atoms with E-state index in [1.807, 2.05) is 109 Å². The highest BCUT2D eigenvalue weighted by molar-refractivity contribution is 5.83. The quantitative estimate of drug-likeness (QED) is 0.280. The van der Waals surface area contributed by atoms with Crippen LogP contribution >= 0.6 is 0 Å². The van der Waals surface area contributed by atoms with E-state index in [1.165, 1.54) is 0 Å². The molecule has 0 fully saturated rings. The molecule has 0 unspecified atom stereocenters. The first-order valence-corrected chi connectivity index (χ1v) is 10.6. The van der Waals surface area contributed by atoms with Crippen LogP contribution in [-0.2, 0) is 11.4 Å². The maximum Gasteiger partial charge on any atom is 0.277 e. The Morgan fingerprint density at radius 3 is 2.18 bits per heavy atom. The van der Waals surface area contributed by atoms with E-state index in [0.717, 1.165) is 28.0 Å². The van der Waals surface area contributed by atoms with Crippen LogP contribution in [0.5, 0.6) is 11.5 Å². The van der Waals surface area contributed by atoms with Gasteiger partial charge in [-0.25, -0.2) is 5.43 Å². The normalized spacial score (nSPS) is 10.7. The van der Waals surface area contributed by atoms with E-state index < -0.39 is 0 Å². The first-order valence-electron chi connectivity index (χ1n) is 10.6. The Bertz CT molecular complexity index is 1190. The third-order valence-corrected chi connectivity index (χ3v) is 4.84. The summed E-state index contributed by atoms with van der Waals surface area (Å²) in [5.41, 5.74) is 6.61. The zero-order valence-corrected chi connectivity index (χ0v) is 18.1. The molecule has 1 amide bonds. The third kappa shape index (κ3) is 6.80. The van der Waals surface area contributed by atoms with Gasteiger partial charge in [-0.05, 0) is 46.5 Å². The van der Waals surface area contributed by atoms with Crippen molar-refractivity contribution < 1.29 is 14.3 Å². The summed E-state index contributed by atoms with van der Waals surface area (Å²) in [6, 6.07) is 35.2. The van der Waals surface area contributed by atoms with Gasteiger partial charge in [-0.1, -0.05) is 84.9 Å². The minimum atomic E-state index is -0.338. The number of amides is 1. The molecule has 5 heteroatoms. The van der Waals surface area contributed by atoms with Crippen LogP contribution in [0.4, 0.5) is 0 Å². The van der Waals surface area contributed by atoms with Crippen molar-refractivity contribution in [3.63, 3.8) is 0 Å². The molecule has 0 aliphatic heterocycles. The Labute approximate surface area is 193 Å². The van der Waals surface area contributed by atoms with Crippen LogP contribution in [0.1, 0.15) is 11.1 Å². The fraction of sp³-hybridized carbons (Fsp3) is 0.0714. The summed E-state index contributed by atoms with van der Waals surface area (Å²) in [7, 11) is 0. The molecule has 164 valence electrons. The Kier molecular flexibility index (Phi) is 7.48. The number of nitrogens with one attached hydrogen (secondary N) is 1. The molecule has 4 aromatic rings. The molecule has 0 atom stereocenters. The SMILES string of the molecule is O=C(COc1ccc(-c2ccccc2)cc1)N/N=C/c1cccc(OCc2ccccc2)c1. The highest BCUT2D eigenvalue weighted by Gasteiger charge is 2.03. The summed E-state index contributed by atoms with van der Waals surface area (Å²) in [5.74, 6) is 1.02. The molecule has 33 heavy (non-hydrogen) atoms. The Hall–Kier alpha value is -4.38. The van der Waals surface area contributed by atoms with E-state index >= 15 is 0 Å². The van der Waals surface area contributed by atoms with Crippen molar-refractivity contribution in [3.05, 3.63) is 120 Å². The number of hydrogen-bond donors (Lipinski definition) is 1. The number of benzene rings is 4. The number of carbonyl (C=O) groups excluding carboxylic acids is 1. The van der Waals surface area contributed by atoms with Crippen LogP contribution < -0.4 is 14.9 Å². The van der Waals surface area contributed by atoms with Gasteiger partial charge in [0, 0.05) is 0 Å². The Morgan fingerprint density at radius 1 is 0.727 bits per heavy atom. The number of hydrogen-bond acceptors (Lipinski definition) is 4. The first kappa shape index (κ1) is 21.8. The van der Waals surface area contributed by atoms with Crippen LogP contribution in [0.2, 0.25) is 0 Å². The van der Waals surface area contributed by atoms with Gasteiger partial charge < -0.3 is 9.47 Å². The molecule has 0 saturated carbocycles. The second-order valence-electron chi connectivity index (χ2n) is 7.32. The van der Waals surface area contributed by atoms with Crippen molar-refractivity contribution >= 4 is 12.1 Å². The molecule has 0 spiro atoms. The minimum absolute atomic E-state index is 0.123.